The summed E-state index contributed by atoms with van der Waals surface area (Å²) in [4.78, 5) is 0. The maximum absolute atomic E-state index is 8.45. The van der Waals surface area contributed by atoms with Crippen molar-refractivity contribution in [2.24, 2.45) is 0 Å². The van der Waals surface area contributed by atoms with Crippen molar-refractivity contribution in [1.82, 2.24) is 0 Å². The van der Waals surface area contributed by atoms with Crippen LogP contribution < -0.4 is 0 Å². The number of hydrogen-bond acceptors (Lipinski definition) is 1. The van der Waals surface area contributed by atoms with Gasteiger partial charge in [-0.1, -0.05) is 0 Å². The van der Waals surface area contributed by atoms with Gasteiger partial charge in [0, 0.05) is 26.2 Å². The molecule has 0 unspecified atom stereocenters. The number of hydrogen-bond donors (Lipinski definition) is 1. The van der Waals surface area contributed by atoms with E-state index in [-0.39, 0.29) is 32.3 Å². The Hall–Kier alpha value is 0.843. The van der Waals surface area contributed by atoms with E-state index in [0.29, 0.717) is 0 Å². The molecule has 0 aromatic carbocycles. The number of aliphatic hydroxyl groups is 1. The average Bonchev–Trinajstić information content (AvgIpc) is 1.30. The second kappa shape index (κ2) is 2.93. The summed E-state index contributed by atoms with van der Waals surface area (Å²) in [5, 5.41) is 8.45. The molecule has 0 atom stereocenters. The minimum atomic E-state index is 0. The molecule has 0 amide bonds. The molecule has 0 radical (unpaired) electrons. The van der Waals surface area contributed by atoms with Crippen molar-refractivity contribution in [3.8, 4) is 0 Å². The monoisotopic (exact) mass is 162 g/mol. The van der Waals surface area contributed by atoms with Crippen LogP contribution in [0.25, 0.3) is 0 Å². The summed E-state index contributed by atoms with van der Waals surface area (Å²) in [7, 11) is 0. The van der Waals surface area contributed by atoms with Crippen molar-refractivity contribution < 1.29 is 31.3 Å². The van der Waals surface area contributed by atoms with Gasteiger partial charge < -0.3 is 5.11 Å². The molecule has 0 aliphatic heterocycles. The van der Waals surface area contributed by atoms with Gasteiger partial charge in [0.05, 0.1) is 6.10 Å². The summed E-state index contributed by atoms with van der Waals surface area (Å²) in [6, 6.07) is 0. The summed E-state index contributed by atoms with van der Waals surface area (Å²) < 4.78 is 0. The molecule has 0 aromatic rings. The molecule has 1 rings (SSSR count). The summed E-state index contributed by atoms with van der Waals surface area (Å²) in [6.07, 6.45) is 3.39. The van der Waals surface area contributed by atoms with Gasteiger partial charge >= 0.3 is 0 Å². The fourth-order valence-electron chi connectivity index (χ4n) is 0.387. The minimum absolute atomic E-state index is 0. The van der Waals surface area contributed by atoms with E-state index in [1.807, 2.05) is 0 Å². The molecule has 2 heteroatoms. The quantitative estimate of drug-likeness (QED) is 0.552. The molecule has 1 nitrogen and oxygen atoms in total. The number of aliphatic hydroxyl groups excluding tert-OH is 1. The second-order valence-corrected chi connectivity index (χ2v) is 1.58. The van der Waals surface area contributed by atoms with Gasteiger partial charge in [0.1, 0.15) is 0 Å². The average molecular weight is 163 g/mol. The predicted octanol–water partition coefficient (Wildman–Crippen LogP) is 0.529. The third kappa shape index (κ3) is 1.53. The Labute approximate surface area is 56.9 Å². The first-order valence-electron chi connectivity index (χ1n) is 2.07. The van der Waals surface area contributed by atoms with Gasteiger partial charge in [-0.2, -0.15) is 0 Å². The third-order valence-corrected chi connectivity index (χ3v) is 1.07. The van der Waals surface area contributed by atoms with E-state index in [1.165, 1.54) is 6.42 Å². The topological polar surface area (TPSA) is 20.2 Å². The Balaban J connectivity index is 0.000000250. The first kappa shape index (κ1) is 6.84. The van der Waals surface area contributed by atoms with Gasteiger partial charge in [-0.3, -0.25) is 0 Å². The fraction of sp³-hybridized carbons (Fsp3) is 1.00. The predicted molar refractivity (Wildman–Crippen MR) is 19.9 cm³/mol. The van der Waals surface area contributed by atoms with E-state index >= 15 is 0 Å². The van der Waals surface area contributed by atoms with Crippen LogP contribution in [0.15, 0.2) is 0 Å². The van der Waals surface area contributed by atoms with Gasteiger partial charge in [0.2, 0.25) is 0 Å². The van der Waals surface area contributed by atoms with Gasteiger partial charge in [-0.05, 0) is 19.3 Å². The Morgan fingerprint density at radius 1 is 1.33 bits per heavy atom. The first-order chi connectivity index (χ1) is 2.39. The van der Waals surface area contributed by atoms with E-state index in [1.54, 1.807) is 0 Å². The zero-order chi connectivity index (χ0) is 3.70. The van der Waals surface area contributed by atoms with Gasteiger partial charge in [0.15, 0.2) is 0 Å². The Bertz CT molecular complexity index is 34.5. The van der Waals surface area contributed by atoms with E-state index < -0.39 is 0 Å². The van der Waals surface area contributed by atoms with E-state index in [9.17, 15) is 0 Å². The number of rotatable bonds is 0. The summed E-state index contributed by atoms with van der Waals surface area (Å²) in [5.41, 5.74) is 0. The van der Waals surface area contributed by atoms with Crippen LogP contribution in [-0.4, -0.2) is 11.2 Å². The Morgan fingerprint density at radius 3 is 1.67 bits per heavy atom. The molecule has 1 N–H and O–H groups in total. The van der Waals surface area contributed by atoms with Crippen LogP contribution in [0.5, 0.6) is 0 Å². The van der Waals surface area contributed by atoms with E-state index in [2.05, 4.69) is 0 Å². The van der Waals surface area contributed by atoms with Crippen LogP contribution >= 0.6 is 0 Å². The van der Waals surface area contributed by atoms with Crippen molar-refractivity contribution in [1.29, 1.82) is 0 Å². The first-order valence-corrected chi connectivity index (χ1v) is 2.07. The molecule has 0 heterocycles. The molecule has 0 spiro atoms. The van der Waals surface area contributed by atoms with Crippen LogP contribution in [0.1, 0.15) is 19.3 Å². The van der Waals surface area contributed by atoms with Crippen LogP contribution in [0.2, 0.25) is 0 Å². The van der Waals surface area contributed by atoms with Crippen LogP contribution in [0.3, 0.4) is 0 Å². The Morgan fingerprint density at radius 2 is 1.67 bits per heavy atom. The molecule has 6 heavy (non-hydrogen) atoms. The molecular weight excluding hydrogens is 155 g/mol. The molecule has 0 aromatic heterocycles. The molecule has 34 valence electrons. The maximum Gasteiger partial charge on any atom is 0.0540 e. The SMILES string of the molecule is OC1CCC1.[Zr]. The van der Waals surface area contributed by atoms with Crippen LogP contribution in [-0.2, 0) is 26.2 Å². The molecule has 1 saturated carbocycles. The smallest absolute Gasteiger partial charge is 0.0540 e. The van der Waals surface area contributed by atoms with Crippen molar-refractivity contribution in [3.63, 3.8) is 0 Å². The third-order valence-electron chi connectivity index (χ3n) is 1.07. The molecule has 1 fully saturated rings. The zero-order valence-corrected chi connectivity index (χ0v) is 6.10. The van der Waals surface area contributed by atoms with Crippen molar-refractivity contribution in [2.75, 3.05) is 0 Å². The van der Waals surface area contributed by atoms with Gasteiger partial charge in [0.25, 0.3) is 0 Å². The van der Waals surface area contributed by atoms with Crippen molar-refractivity contribution >= 4 is 0 Å². The van der Waals surface area contributed by atoms with Crippen LogP contribution in [0.4, 0.5) is 0 Å². The molecule has 1 aliphatic rings. The summed E-state index contributed by atoms with van der Waals surface area (Å²) in [6.45, 7) is 0. The summed E-state index contributed by atoms with van der Waals surface area (Å²) >= 11 is 0. The molecule has 0 saturated heterocycles. The standard InChI is InChI=1S/C4H8O.Zr/c5-4-2-1-3-4;/h4-5H,1-3H2;. The minimum Gasteiger partial charge on any atom is -0.393 e. The molecule has 0 bridgehead atoms. The maximum atomic E-state index is 8.45. The Kier molecular flexibility index (Phi) is 3.34. The second-order valence-electron chi connectivity index (χ2n) is 1.58. The molecule has 1 aliphatic carbocycles. The van der Waals surface area contributed by atoms with Crippen molar-refractivity contribution in [3.05, 3.63) is 0 Å². The van der Waals surface area contributed by atoms with Crippen LogP contribution in [0, 0.1) is 0 Å². The van der Waals surface area contributed by atoms with Crippen molar-refractivity contribution in [2.45, 2.75) is 25.4 Å². The van der Waals surface area contributed by atoms with E-state index in [0.717, 1.165) is 12.8 Å². The molecular formula is C4H8OZr. The van der Waals surface area contributed by atoms with Gasteiger partial charge in [-0.25, -0.2) is 0 Å². The van der Waals surface area contributed by atoms with Gasteiger partial charge in [-0.15, -0.1) is 0 Å². The normalized spacial score (nSPS) is 21.5. The largest absolute Gasteiger partial charge is 0.393 e. The summed E-state index contributed by atoms with van der Waals surface area (Å²) in [5.74, 6) is 0. The fourth-order valence-corrected chi connectivity index (χ4v) is 0.387. The van der Waals surface area contributed by atoms with E-state index in [4.69, 9.17) is 5.11 Å². The zero-order valence-electron chi connectivity index (χ0n) is 3.65.